The van der Waals surface area contributed by atoms with Gasteiger partial charge in [0, 0.05) is 28.1 Å². The molecule has 0 radical (unpaired) electrons. The van der Waals surface area contributed by atoms with Crippen molar-refractivity contribution in [1.82, 2.24) is 24.9 Å². The third kappa shape index (κ3) is 5.49. The molecule has 3 aromatic rings. The summed E-state index contributed by atoms with van der Waals surface area (Å²) in [6, 6.07) is 9.35. The molecule has 9 heteroatoms. The van der Waals surface area contributed by atoms with Crippen LogP contribution in [0.4, 0.5) is 29.5 Å². The second-order valence-electron chi connectivity index (χ2n) is 6.34. The number of benzene rings is 1. The van der Waals surface area contributed by atoms with Gasteiger partial charge in [-0.2, -0.15) is 15.0 Å². The molecule has 0 aliphatic rings. The Morgan fingerprint density at radius 2 is 1.26 bits per heavy atom. The van der Waals surface area contributed by atoms with E-state index < -0.39 is 0 Å². The molecule has 0 bridgehead atoms. The average Bonchev–Trinajstić information content (AvgIpc) is 2.55. The maximum Gasteiger partial charge on any atom is 0.236 e. The van der Waals surface area contributed by atoms with Crippen LogP contribution in [0.15, 0.2) is 30.3 Å². The zero-order valence-corrected chi connectivity index (χ0v) is 16.3. The van der Waals surface area contributed by atoms with Crippen LogP contribution in [-0.2, 0) is 0 Å². The molecule has 0 aliphatic carbocycles. The van der Waals surface area contributed by atoms with Gasteiger partial charge >= 0.3 is 0 Å². The second kappa shape index (κ2) is 8.13. The van der Waals surface area contributed by atoms with Gasteiger partial charge in [-0.3, -0.25) is 5.32 Å². The lowest BCUT2D eigenvalue weighted by Crippen LogP contribution is -2.15. The Bertz CT molecular complexity index is 907. The Hall–Kier alpha value is -3.00. The van der Waals surface area contributed by atoms with Crippen molar-refractivity contribution in [3.8, 4) is 0 Å². The summed E-state index contributed by atoms with van der Waals surface area (Å²) in [4.78, 5) is 22.0. The predicted molar refractivity (Wildman–Crippen MR) is 108 cm³/mol. The van der Waals surface area contributed by atoms with Gasteiger partial charge in [-0.05, 0) is 58.0 Å². The molecule has 3 rings (SSSR count). The van der Waals surface area contributed by atoms with Crippen LogP contribution in [0.3, 0.4) is 0 Å². The highest BCUT2D eigenvalue weighted by molar-refractivity contribution is 6.30. The van der Waals surface area contributed by atoms with Crippen LogP contribution < -0.4 is 16.0 Å². The van der Waals surface area contributed by atoms with Crippen molar-refractivity contribution < 1.29 is 0 Å². The number of hydrogen-bond donors (Lipinski definition) is 3. The van der Waals surface area contributed by atoms with E-state index in [9.17, 15) is 0 Å². The first-order valence-electron chi connectivity index (χ1n) is 8.52. The summed E-state index contributed by atoms with van der Waals surface area (Å²) in [5.74, 6) is 1.62. The van der Waals surface area contributed by atoms with Crippen LogP contribution in [0, 0.1) is 13.8 Å². The van der Waals surface area contributed by atoms with E-state index in [2.05, 4.69) is 40.9 Å². The van der Waals surface area contributed by atoms with Crippen molar-refractivity contribution in [3.63, 3.8) is 0 Å². The normalized spacial score (nSPS) is 10.7. The summed E-state index contributed by atoms with van der Waals surface area (Å²) in [6.45, 7) is 7.84. The quantitative estimate of drug-likeness (QED) is 0.580. The van der Waals surface area contributed by atoms with Gasteiger partial charge in [-0.25, -0.2) is 9.97 Å². The third-order valence-electron chi connectivity index (χ3n) is 3.36. The van der Waals surface area contributed by atoms with Crippen molar-refractivity contribution in [3.05, 3.63) is 46.7 Å². The van der Waals surface area contributed by atoms with Crippen molar-refractivity contribution in [2.45, 2.75) is 33.7 Å². The molecule has 0 fully saturated rings. The second-order valence-corrected chi connectivity index (χ2v) is 6.77. The van der Waals surface area contributed by atoms with Gasteiger partial charge in [0.15, 0.2) is 0 Å². The van der Waals surface area contributed by atoms with Crippen molar-refractivity contribution in [1.29, 1.82) is 0 Å². The van der Waals surface area contributed by atoms with Crippen LogP contribution in [0.25, 0.3) is 0 Å². The lowest BCUT2D eigenvalue weighted by atomic mass is 10.3. The summed E-state index contributed by atoms with van der Waals surface area (Å²) < 4.78 is 0. The number of hydrogen-bond acceptors (Lipinski definition) is 8. The highest BCUT2D eigenvalue weighted by Gasteiger charge is 2.10. The Labute approximate surface area is 162 Å². The molecule has 0 unspecified atom stereocenters. The summed E-state index contributed by atoms with van der Waals surface area (Å²) in [5, 5.41) is 10.0. The molecule has 0 atom stereocenters. The van der Waals surface area contributed by atoms with E-state index >= 15 is 0 Å². The molecule has 0 amide bonds. The van der Waals surface area contributed by atoms with Crippen LogP contribution in [0.2, 0.25) is 5.02 Å². The molecule has 0 aliphatic heterocycles. The molecule has 27 heavy (non-hydrogen) atoms. The Kier molecular flexibility index (Phi) is 5.66. The minimum Gasteiger partial charge on any atom is -0.352 e. The number of aromatic nitrogens is 5. The van der Waals surface area contributed by atoms with Gasteiger partial charge in [0.1, 0.15) is 0 Å². The van der Waals surface area contributed by atoms with Gasteiger partial charge in [-0.15, -0.1) is 0 Å². The van der Waals surface area contributed by atoms with E-state index in [1.807, 2.05) is 45.9 Å². The summed E-state index contributed by atoms with van der Waals surface area (Å²) >= 11 is 5.94. The summed E-state index contributed by atoms with van der Waals surface area (Å²) in [6.07, 6.45) is 0. The lowest BCUT2D eigenvalue weighted by molar-refractivity contribution is 0.869. The van der Waals surface area contributed by atoms with E-state index in [1.165, 1.54) is 0 Å². The topological polar surface area (TPSA) is 101 Å². The average molecular weight is 385 g/mol. The molecule has 140 valence electrons. The van der Waals surface area contributed by atoms with Gasteiger partial charge in [0.2, 0.25) is 23.8 Å². The standard InChI is InChI=1S/C18H21ClN8/c1-10(2)20-15-24-17(23-14-7-5-13(19)6-8-14)27-18(25-15)26-16-21-11(3)9-12(4)22-16/h5-10H,1-4H3,(H3,20,21,22,23,24,25,26,27). The number of anilines is 5. The monoisotopic (exact) mass is 384 g/mol. The molecule has 8 nitrogen and oxygen atoms in total. The zero-order chi connectivity index (χ0) is 19.4. The molecular weight excluding hydrogens is 364 g/mol. The fourth-order valence-electron chi connectivity index (χ4n) is 2.35. The highest BCUT2D eigenvalue weighted by atomic mass is 35.5. The van der Waals surface area contributed by atoms with Crippen molar-refractivity contribution in [2.24, 2.45) is 0 Å². The minimum atomic E-state index is 0.168. The van der Waals surface area contributed by atoms with Gasteiger partial charge in [-0.1, -0.05) is 11.6 Å². The van der Waals surface area contributed by atoms with Gasteiger partial charge in [0.25, 0.3) is 0 Å². The smallest absolute Gasteiger partial charge is 0.236 e. The van der Waals surface area contributed by atoms with Crippen molar-refractivity contribution in [2.75, 3.05) is 16.0 Å². The first-order chi connectivity index (χ1) is 12.9. The van der Waals surface area contributed by atoms with Gasteiger partial charge < -0.3 is 10.6 Å². The van der Waals surface area contributed by atoms with E-state index in [0.29, 0.717) is 28.8 Å². The fraction of sp³-hybridized carbons (Fsp3) is 0.278. The first-order valence-corrected chi connectivity index (χ1v) is 8.90. The van der Waals surface area contributed by atoms with E-state index in [1.54, 1.807) is 12.1 Å². The molecular formula is C18H21ClN8. The van der Waals surface area contributed by atoms with E-state index in [0.717, 1.165) is 17.1 Å². The van der Waals surface area contributed by atoms with E-state index in [4.69, 9.17) is 11.6 Å². The number of rotatable bonds is 6. The Morgan fingerprint density at radius 3 is 1.85 bits per heavy atom. The fourth-order valence-corrected chi connectivity index (χ4v) is 2.48. The van der Waals surface area contributed by atoms with Crippen LogP contribution in [-0.4, -0.2) is 31.0 Å². The van der Waals surface area contributed by atoms with Crippen LogP contribution in [0.1, 0.15) is 25.2 Å². The zero-order valence-electron chi connectivity index (χ0n) is 15.6. The van der Waals surface area contributed by atoms with E-state index in [-0.39, 0.29) is 6.04 Å². The number of aryl methyl sites for hydroxylation is 2. The third-order valence-corrected chi connectivity index (χ3v) is 3.61. The maximum atomic E-state index is 5.94. The Morgan fingerprint density at radius 1 is 0.741 bits per heavy atom. The molecule has 0 saturated carbocycles. The molecule has 0 spiro atoms. The van der Waals surface area contributed by atoms with Crippen LogP contribution >= 0.6 is 11.6 Å². The Balaban J connectivity index is 1.90. The minimum absolute atomic E-state index is 0.168. The molecule has 2 heterocycles. The molecule has 0 saturated heterocycles. The van der Waals surface area contributed by atoms with Gasteiger partial charge in [0.05, 0.1) is 0 Å². The highest BCUT2D eigenvalue weighted by Crippen LogP contribution is 2.19. The maximum absolute atomic E-state index is 5.94. The largest absolute Gasteiger partial charge is 0.352 e. The lowest BCUT2D eigenvalue weighted by Gasteiger charge is -2.12. The molecule has 3 N–H and O–H groups in total. The summed E-state index contributed by atoms with van der Waals surface area (Å²) in [5.41, 5.74) is 2.54. The SMILES string of the molecule is Cc1cc(C)nc(Nc2nc(Nc3ccc(Cl)cc3)nc(NC(C)C)n2)n1. The first kappa shape index (κ1) is 18.8. The predicted octanol–water partition coefficient (Wildman–Crippen LogP) is 4.24. The number of nitrogens with one attached hydrogen (secondary N) is 3. The number of nitrogens with zero attached hydrogens (tertiary/aromatic N) is 5. The van der Waals surface area contributed by atoms with Crippen molar-refractivity contribution >= 4 is 41.1 Å². The molecule has 1 aromatic carbocycles. The summed E-state index contributed by atoms with van der Waals surface area (Å²) in [7, 11) is 0. The number of halogens is 1. The molecule has 2 aromatic heterocycles. The van der Waals surface area contributed by atoms with Crippen LogP contribution in [0.5, 0.6) is 0 Å².